The standard InChI is InChI=1S/C15H27N3O2/c1-13(2)9-6-7-15(5,8-9)10(13)17-12(19)14(3,4)11(16)18-20/h9-10,20H,6-8H2,1-5H3,(H2,16,18)(H,17,19). The Morgan fingerprint density at radius 2 is 2.00 bits per heavy atom. The molecule has 4 N–H and O–H groups in total. The summed E-state index contributed by atoms with van der Waals surface area (Å²) in [6.45, 7) is 10.1. The summed E-state index contributed by atoms with van der Waals surface area (Å²) < 4.78 is 0. The number of amidine groups is 1. The fourth-order valence-corrected chi connectivity index (χ4v) is 4.22. The van der Waals surface area contributed by atoms with Gasteiger partial charge in [0.05, 0.1) is 0 Å². The number of hydrogen-bond donors (Lipinski definition) is 3. The van der Waals surface area contributed by atoms with Crippen molar-refractivity contribution in [2.24, 2.45) is 33.1 Å². The first-order valence-corrected chi connectivity index (χ1v) is 7.34. The molecule has 0 spiro atoms. The average Bonchev–Trinajstić information content (AvgIpc) is 2.84. The third kappa shape index (κ3) is 1.98. The van der Waals surface area contributed by atoms with Crippen LogP contribution in [0.3, 0.4) is 0 Å². The van der Waals surface area contributed by atoms with Gasteiger partial charge in [-0.2, -0.15) is 0 Å². The van der Waals surface area contributed by atoms with E-state index in [1.54, 1.807) is 13.8 Å². The minimum atomic E-state index is -0.997. The highest BCUT2D eigenvalue weighted by molar-refractivity contribution is 6.06. The Hall–Kier alpha value is -1.26. The molecular formula is C15H27N3O2. The minimum absolute atomic E-state index is 0.0545. The van der Waals surface area contributed by atoms with Crippen LogP contribution < -0.4 is 11.1 Å². The van der Waals surface area contributed by atoms with Crippen molar-refractivity contribution in [3.63, 3.8) is 0 Å². The van der Waals surface area contributed by atoms with Crippen LogP contribution in [0, 0.1) is 22.2 Å². The van der Waals surface area contributed by atoms with Crippen LogP contribution in [-0.2, 0) is 4.79 Å². The maximum atomic E-state index is 12.5. The van der Waals surface area contributed by atoms with Gasteiger partial charge in [0.1, 0.15) is 5.41 Å². The fraction of sp³-hybridized carbons (Fsp3) is 0.867. The monoisotopic (exact) mass is 281 g/mol. The quantitative estimate of drug-likeness (QED) is 0.320. The van der Waals surface area contributed by atoms with Gasteiger partial charge in [-0.3, -0.25) is 4.79 Å². The Morgan fingerprint density at radius 1 is 1.40 bits per heavy atom. The van der Waals surface area contributed by atoms with Crippen LogP contribution in [0.25, 0.3) is 0 Å². The van der Waals surface area contributed by atoms with E-state index in [9.17, 15) is 4.79 Å². The molecule has 1 amide bonds. The molecule has 2 bridgehead atoms. The minimum Gasteiger partial charge on any atom is -0.409 e. The third-order valence-electron chi connectivity index (χ3n) is 5.86. The summed E-state index contributed by atoms with van der Waals surface area (Å²) in [6, 6.07) is 0.145. The molecule has 5 nitrogen and oxygen atoms in total. The van der Waals surface area contributed by atoms with Crippen LogP contribution in [0.2, 0.25) is 0 Å². The first kappa shape index (κ1) is 15.1. The highest BCUT2D eigenvalue weighted by Gasteiger charge is 2.60. The molecule has 3 unspecified atom stereocenters. The van der Waals surface area contributed by atoms with E-state index in [-0.39, 0.29) is 28.6 Å². The molecule has 114 valence electrons. The van der Waals surface area contributed by atoms with Gasteiger partial charge in [0.25, 0.3) is 0 Å². The second-order valence-corrected chi connectivity index (χ2v) is 7.93. The SMILES string of the molecule is CC(C)(C(=O)NC1C2(C)CCC(C2)C1(C)C)C(N)=NO. The number of hydrogen-bond acceptors (Lipinski definition) is 3. The Balaban J connectivity index is 2.20. The summed E-state index contributed by atoms with van der Waals surface area (Å²) >= 11 is 0. The number of nitrogens with one attached hydrogen (secondary N) is 1. The smallest absolute Gasteiger partial charge is 0.233 e. The zero-order valence-corrected chi connectivity index (χ0v) is 13.2. The summed E-state index contributed by atoms with van der Waals surface area (Å²) in [6.07, 6.45) is 3.59. The Morgan fingerprint density at radius 3 is 2.45 bits per heavy atom. The molecule has 0 saturated heterocycles. The lowest BCUT2D eigenvalue weighted by molar-refractivity contribution is -0.129. The Bertz CT molecular complexity index is 451. The van der Waals surface area contributed by atoms with Crippen molar-refractivity contribution < 1.29 is 10.0 Å². The summed E-state index contributed by atoms with van der Waals surface area (Å²) in [7, 11) is 0. The van der Waals surface area contributed by atoms with E-state index >= 15 is 0 Å². The van der Waals surface area contributed by atoms with Gasteiger partial charge in [0, 0.05) is 6.04 Å². The maximum absolute atomic E-state index is 12.5. The highest BCUT2D eigenvalue weighted by Crippen LogP contribution is 2.62. The third-order valence-corrected chi connectivity index (χ3v) is 5.86. The number of oxime groups is 1. The van der Waals surface area contributed by atoms with Crippen LogP contribution >= 0.6 is 0 Å². The number of rotatable bonds is 3. The summed E-state index contributed by atoms with van der Waals surface area (Å²) in [5.74, 6) is 0.450. The largest absolute Gasteiger partial charge is 0.409 e. The van der Waals surface area contributed by atoms with Gasteiger partial charge in [-0.05, 0) is 49.9 Å². The van der Waals surface area contributed by atoms with Crippen LogP contribution in [0.1, 0.15) is 53.9 Å². The lowest BCUT2D eigenvalue weighted by atomic mass is 9.68. The Kier molecular flexibility index (Phi) is 3.30. The van der Waals surface area contributed by atoms with Gasteiger partial charge in [0.15, 0.2) is 5.84 Å². The molecule has 0 aromatic carbocycles. The number of carbonyl (C=O) groups is 1. The molecule has 0 aliphatic heterocycles. The normalized spacial score (nSPS) is 36.1. The van der Waals surface area contributed by atoms with E-state index < -0.39 is 5.41 Å². The van der Waals surface area contributed by atoms with Crippen molar-refractivity contribution in [3.8, 4) is 0 Å². The second-order valence-electron chi connectivity index (χ2n) is 7.93. The van der Waals surface area contributed by atoms with Gasteiger partial charge < -0.3 is 16.3 Å². The molecule has 5 heteroatoms. The maximum Gasteiger partial charge on any atom is 0.233 e. The molecule has 3 atom stereocenters. The number of carbonyl (C=O) groups excluding carboxylic acids is 1. The van der Waals surface area contributed by atoms with Gasteiger partial charge in [-0.25, -0.2) is 0 Å². The van der Waals surface area contributed by atoms with Crippen molar-refractivity contribution in [2.75, 3.05) is 0 Å². The molecule has 20 heavy (non-hydrogen) atoms. The van der Waals surface area contributed by atoms with E-state index in [4.69, 9.17) is 10.9 Å². The van der Waals surface area contributed by atoms with Gasteiger partial charge in [-0.15, -0.1) is 0 Å². The number of fused-ring (bicyclic) bond motifs is 2. The topological polar surface area (TPSA) is 87.7 Å². The van der Waals surface area contributed by atoms with Crippen molar-refractivity contribution in [1.29, 1.82) is 0 Å². The van der Waals surface area contributed by atoms with E-state index in [1.165, 1.54) is 12.8 Å². The van der Waals surface area contributed by atoms with Crippen molar-refractivity contribution in [1.82, 2.24) is 5.32 Å². The number of amides is 1. The second kappa shape index (κ2) is 4.37. The van der Waals surface area contributed by atoms with Crippen molar-refractivity contribution in [2.45, 2.75) is 59.9 Å². The molecule has 2 rings (SSSR count). The molecule has 0 radical (unpaired) electrons. The zero-order valence-electron chi connectivity index (χ0n) is 13.2. The van der Waals surface area contributed by atoms with Crippen LogP contribution in [0.5, 0.6) is 0 Å². The van der Waals surface area contributed by atoms with Crippen molar-refractivity contribution >= 4 is 11.7 Å². The lowest BCUT2D eigenvalue weighted by Gasteiger charge is -2.44. The van der Waals surface area contributed by atoms with Crippen molar-refractivity contribution in [3.05, 3.63) is 0 Å². The molecule has 2 saturated carbocycles. The predicted octanol–water partition coefficient (Wildman–Crippen LogP) is 2.09. The first-order chi connectivity index (χ1) is 9.05. The molecule has 2 fully saturated rings. The number of nitrogens with two attached hydrogens (primary N) is 1. The fourth-order valence-electron chi connectivity index (χ4n) is 4.22. The van der Waals surface area contributed by atoms with E-state index in [1.807, 2.05) is 0 Å². The van der Waals surface area contributed by atoms with Gasteiger partial charge >= 0.3 is 0 Å². The highest BCUT2D eigenvalue weighted by atomic mass is 16.4. The van der Waals surface area contributed by atoms with Gasteiger partial charge in [-0.1, -0.05) is 25.9 Å². The molecule has 2 aliphatic carbocycles. The summed E-state index contributed by atoms with van der Waals surface area (Å²) in [5.41, 5.74) is 4.92. The molecule has 2 aliphatic rings. The lowest BCUT2D eigenvalue weighted by Crippen LogP contribution is -2.57. The predicted molar refractivity (Wildman–Crippen MR) is 78.3 cm³/mol. The van der Waals surface area contributed by atoms with E-state index in [0.717, 1.165) is 6.42 Å². The van der Waals surface area contributed by atoms with Crippen LogP contribution in [0.15, 0.2) is 5.16 Å². The molecular weight excluding hydrogens is 254 g/mol. The van der Waals surface area contributed by atoms with Crippen LogP contribution in [-0.4, -0.2) is 23.0 Å². The summed E-state index contributed by atoms with van der Waals surface area (Å²) in [4.78, 5) is 12.5. The molecule has 0 aromatic rings. The molecule has 0 aromatic heterocycles. The number of nitrogens with zero attached hydrogens (tertiary/aromatic N) is 1. The van der Waals surface area contributed by atoms with Crippen LogP contribution in [0.4, 0.5) is 0 Å². The average molecular weight is 281 g/mol. The summed E-state index contributed by atoms with van der Waals surface area (Å²) in [5, 5.41) is 15.0. The van der Waals surface area contributed by atoms with Gasteiger partial charge in [0.2, 0.25) is 5.91 Å². The van der Waals surface area contributed by atoms with E-state index in [2.05, 4.69) is 31.2 Å². The zero-order chi connectivity index (χ0) is 15.3. The Labute approximate surface area is 121 Å². The first-order valence-electron chi connectivity index (χ1n) is 7.34. The van der Waals surface area contributed by atoms with E-state index in [0.29, 0.717) is 5.92 Å². The molecule has 0 heterocycles.